The quantitative estimate of drug-likeness (QED) is 0.0381. The van der Waals surface area contributed by atoms with Gasteiger partial charge in [-0.1, -0.05) is 140 Å². The van der Waals surface area contributed by atoms with Crippen LogP contribution in [0.5, 0.6) is 11.8 Å². The van der Waals surface area contributed by atoms with Crippen molar-refractivity contribution >= 4 is 5.97 Å². The summed E-state index contributed by atoms with van der Waals surface area (Å²) in [6.45, 7) is 6.82. The third-order valence-electron chi connectivity index (χ3n) is 9.41. The Morgan fingerprint density at radius 1 is 0.556 bits per heavy atom. The molecule has 1 rings (SSSR count). The number of carbonyl (C=O) groups excluding carboxylic acids is 1. The van der Waals surface area contributed by atoms with Gasteiger partial charge in [-0.25, -0.2) is 0 Å². The van der Waals surface area contributed by atoms with E-state index in [2.05, 4.69) is 72.3 Å². The summed E-state index contributed by atoms with van der Waals surface area (Å²) in [5.41, 5.74) is 0.852. The van der Waals surface area contributed by atoms with E-state index >= 15 is 0 Å². The van der Waals surface area contributed by atoms with Crippen LogP contribution in [0, 0.1) is 0 Å². The molecule has 54 heavy (non-hydrogen) atoms. The highest BCUT2D eigenvalue weighted by molar-refractivity contribution is 5.69. The molecule has 1 aromatic rings. The first-order valence-corrected chi connectivity index (χ1v) is 22.2. The maximum atomic E-state index is 12.3. The van der Waals surface area contributed by atoms with Gasteiger partial charge in [0.15, 0.2) is 0 Å². The van der Waals surface area contributed by atoms with E-state index in [9.17, 15) is 4.79 Å². The Morgan fingerprint density at radius 2 is 0.963 bits per heavy atom. The fourth-order valence-corrected chi connectivity index (χ4v) is 6.07. The second-order valence-corrected chi connectivity index (χ2v) is 15.1. The highest BCUT2D eigenvalue weighted by atomic mass is 16.5. The second kappa shape index (κ2) is 38.4. The Hall–Kier alpha value is -2.86. The minimum absolute atomic E-state index is 0.179. The number of rotatable bonds is 38. The Morgan fingerprint density at radius 3 is 1.39 bits per heavy atom. The fraction of sp³-hybridized carbons (Fsp3) is 0.708. The van der Waals surface area contributed by atoms with E-state index in [1.165, 1.54) is 116 Å². The summed E-state index contributed by atoms with van der Waals surface area (Å²) >= 11 is 0. The number of pyridine rings is 1. The number of hydrogen-bond donors (Lipinski definition) is 0. The molecule has 0 aliphatic heterocycles. The van der Waals surface area contributed by atoms with E-state index in [0.717, 1.165) is 57.1 Å². The molecule has 0 aromatic carbocycles. The molecule has 0 aliphatic carbocycles. The molecule has 0 spiro atoms. The van der Waals surface area contributed by atoms with Crippen LogP contribution in [0.4, 0.5) is 0 Å². The summed E-state index contributed by atoms with van der Waals surface area (Å²) in [6.07, 6.45) is 49.0. The number of hydrogen-bond acceptors (Lipinski definition) is 6. The maximum absolute atomic E-state index is 12.3. The molecule has 0 bridgehead atoms. The highest BCUT2D eigenvalue weighted by Crippen LogP contribution is 2.21. The molecule has 0 unspecified atom stereocenters. The van der Waals surface area contributed by atoms with Crippen LogP contribution in [-0.2, 0) is 16.1 Å². The van der Waals surface area contributed by atoms with Gasteiger partial charge in [-0.2, -0.15) is 4.98 Å². The Kier molecular flexibility index (Phi) is 35.0. The molecule has 0 N–H and O–H groups in total. The van der Waals surface area contributed by atoms with Crippen LogP contribution < -0.4 is 9.47 Å². The van der Waals surface area contributed by atoms with Crippen molar-refractivity contribution in [3.63, 3.8) is 0 Å². The fourth-order valence-electron chi connectivity index (χ4n) is 6.07. The number of nitrogens with zero attached hydrogens (tertiary/aromatic N) is 2. The minimum atomic E-state index is -0.179. The lowest BCUT2D eigenvalue weighted by molar-refractivity contribution is -0.145. The van der Waals surface area contributed by atoms with Crippen molar-refractivity contribution in [1.82, 2.24) is 9.88 Å². The Labute approximate surface area is 333 Å². The van der Waals surface area contributed by atoms with Gasteiger partial charge in [0.1, 0.15) is 6.61 Å². The van der Waals surface area contributed by atoms with Gasteiger partial charge in [0.05, 0.1) is 13.2 Å². The van der Waals surface area contributed by atoms with Gasteiger partial charge in [-0.3, -0.25) is 4.79 Å². The molecule has 0 radical (unpaired) electrons. The van der Waals surface area contributed by atoms with Crippen molar-refractivity contribution in [2.45, 2.75) is 187 Å². The van der Waals surface area contributed by atoms with Crippen molar-refractivity contribution in [3.8, 4) is 11.8 Å². The van der Waals surface area contributed by atoms with Crippen LogP contribution >= 0.6 is 0 Å². The van der Waals surface area contributed by atoms with Gasteiger partial charge < -0.3 is 19.1 Å². The molecule has 0 aliphatic rings. The summed E-state index contributed by atoms with van der Waals surface area (Å²) in [5.74, 6) is 0.915. The average Bonchev–Trinajstić information content (AvgIpc) is 3.16. The third-order valence-corrected chi connectivity index (χ3v) is 9.41. The summed E-state index contributed by atoms with van der Waals surface area (Å²) in [4.78, 5) is 19.0. The third kappa shape index (κ3) is 33.7. The monoisotopic (exact) mass is 751 g/mol. The van der Waals surface area contributed by atoms with Crippen molar-refractivity contribution < 1.29 is 19.0 Å². The minimum Gasteiger partial charge on any atom is -0.478 e. The maximum Gasteiger partial charge on any atom is 0.306 e. The zero-order valence-corrected chi connectivity index (χ0v) is 35.5. The molecule has 6 nitrogen and oxygen atoms in total. The smallest absolute Gasteiger partial charge is 0.306 e. The first kappa shape index (κ1) is 49.2. The van der Waals surface area contributed by atoms with Crippen LogP contribution in [0.1, 0.15) is 186 Å². The molecular weight excluding hydrogens is 669 g/mol. The molecule has 6 heteroatoms. The summed E-state index contributed by atoms with van der Waals surface area (Å²) in [5, 5.41) is 0. The van der Waals surface area contributed by atoms with Crippen LogP contribution in [0.2, 0.25) is 0 Å². The molecule has 1 aromatic heterocycles. The van der Waals surface area contributed by atoms with Crippen molar-refractivity contribution in [3.05, 3.63) is 66.3 Å². The van der Waals surface area contributed by atoms with Gasteiger partial charge in [-0.15, -0.1) is 0 Å². The predicted octanol–water partition coefficient (Wildman–Crippen LogP) is 13.9. The average molecular weight is 751 g/mol. The SMILES string of the molecule is CCCCC/C=C\C/C=C\CCCCCCCCOc1cc(COC(=O)CCCN(C)C)cc(OCCCCCCCC/C=C\C/C=C\CCCCC)n1. The lowest BCUT2D eigenvalue weighted by Gasteiger charge is -2.12. The normalized spacial score (nSPS) is 12.0. The van der Waals surface area contributed by atoms with Gasteiger partial charge in [-0.05, 0) is 104 Å². The molecule has 0 amide bonds. The molecule has 0 fully saturated rings. The first-order valence-electron chi connectivity index (χ1n) is 22.2. The molecule has 0 saturated carbocycles. The van der Waals surface area contributed by atoms with Crippen LogP contribution in [0.3, 0.4) is 0 Å². The largest absolute Gasteiger partial charge is 0.478 e. The Bertz CT molecular complexity index is 1040. The van der Waals surface area contributed by atoms with Crippen molar-refractivity contribution in [2.24, 2.45) is 0 Å². The first-order chi connectivity index (χ1) is 26.5. The molecule has 0 atom stereocenters. The number of carbonyl (C=O) groups is 1. The van der Waals surface area contributed by atoms with Crippen molar-refractivity contribution in [2.75, 3.05) is 33.9 Å². The topological polar surface area (TPSA) is 60.9 Å². The van der Waals surface area contributed by atoms with E-state index in [4.69, 9.17) is 14.2 Å². The van der Waals surface area contributed by atoms with E-state index < -0.39 is 0 Å². The molecule has 308 valence electrons. The van der Waals surface area contributed by atoms with Gasteiger partial charge in [0, 0.05) is 24.1 Å². The number of aromatic nitrogens is 1. The summed E-state index contributed by atoms with van der Waals surface area (Å²) in [6, 6.07) is 3.77. The number of allylic oxidation sites excluding steroid dienone is 8. The van der Waals surface area contributed by atoms with Crippen LogP contribution in [-0.4, -0.2) is 49.7 Å². The summed E-state index contributed by atoms with van der Waals surface area (Å²) in [7, 11) is 4.02. The van der Waals surface area contributed by atoms with E-state index in [1.54, 1.807) is 0 Å². The lowest BCUT2D eigenvalue weighted by atomic mass is 10.1. The number of ether oxygens (including phenoxy) is 3. The van der Waals surface area contributed by atoms with Gasteiger partial charge >= 0.3 is 5.97 Å². The van der Waals surface area contributed by atoms with E-state index in [0.29, 0.717) is 31.4 Å². The van der Waals surface area contributed by atoms with Gasteiger partial charge in [0.25, 0.3) is 0 Å². The van der Waals surface area contributed by atoms with Crippen LogP contribution in [0.15, 0.2) is 60.7 Å². The lowest BCUT2D eigenvalue weighted by Crippen LogP contribution is -2.15. The predicted molar refractivity (Wildman–Crippen MR) is 232 cm³/mol. The Balaban J connectivity index is 2.32. The van der Waals surface area contributed by atoms with E-state index in [-0.39, 0.29) is 12.6 Å². The van der Waals surface area contributed by atoms with Crippen LogP contribution in [0.25, 0.3) is 0 Å². The van der Waals surface area contributed by atoms with E-state index in [1.807, 2.05) is 26.2 Å². The van der Waals surface area contributed by atoms with Crippen molar-refractivity contribution in [1.29, 1.82) is 0 Å². The molecule has 1 heterocycles. The second-order valence-electron chi connectivity index (χ2n) is 15.1. The van der Waals surface area contributed by atoms with Gasteiger partial charge in [0.2, 0.25) is 11.8 Å². The standard InChI is InChI=1S/C48H82N2O4/c1-5-7-9-11-13-15-17-19-21-23-25-27-29-31-33-35-40-52-46-42-45(44-54-48(51)38-37-39-50(3)4)43-47(49-46)53-41-36-34-32-30-28-26-24-22-20-18-16-14-12-10-8-6-2/h13-16,19-22,42-43H,5-12,17-18,23-41,44H2,1-4H3/b15-13-,16-14-,21-19-,22-20-. The zero-order chi connectivity index (χ0) is 39.0. The number of esters is 1. The molecule has 0 saturated heterocycles. The zero-order valence-electron chi connectivity index (χ0n) is 35.5. The summed E-state index contributed by atoms with van der Waals surface area (Å²) < 4.78 is 17.7. The molecular formula is C48H82N2O4. The highest BCUT2D eigenvalue weighted by Gasteiger charge is 2.09. The number of unbranched alkanes of at least 4 members (excludes halogenated alkanes) is 18.